The molecule has 0 aliphatic heterocycles. The molecule has 0 unspecified atom stereocenters. The Kier molecular flexibility index (Phi) is 4.36. The van der Waals surface area contributed by atoms with Crippen LogP contribution in [-0.4, -0.2) is 15.3 Å². The molecule has 0 spiro atoms. The molecule has 0 bridgehead atoms. The second-order valence-electron chi connectivity index (χ2n) is 4.29. The van der Waals surface area contributed by atoms with Crippen molar-refractivity contribution in [1.82, 2.24) is 9.55 Å². The van der Waals surface area contributed by atoms with Crippen molar-refractivity contribution in [2.45, 2.75) is 6.92 Å². The Labute approximate surface area is 126 Å². The molecule has 21 heavy (non-hydrogen) atoms. The van der Waals surface area contributed by atoms with Gasteiger partial charge in [0.25, 0.3) is 5.62 Å². The molecule has 2 N–H and O–H groups in total. The van der Waals surface area contributed by atoms with E-state index in [-0.39, 0.29) is 5.82 Å². The second kappa shape index (κ2) is 6.20. The summed E-state index contributed by atoms with van der Waals surface area (Å²) >= 11 is 6.10. The third kappa shape index (κ3) is 3.09. The van der Waals surface area contributed by atoms with Gasteiger partial charge in [0, 0.05) is 17.6 Å². The molecule has 1 aromatic heterocycles. The SMILES string of the molecule is C/C(=N/N=c1\ncc(C#N)c(N)n1C)c1ccccc1Cl. The number of halogens is 1. The molecule has 0 atom stereocenters. The molecule has 7 heteroatoms. The van der Waals surface area contributed by atoms with Gasteiger partial charge < -0.3 is 5.73 Å². The van der Waals surface area contributed by atoms with Crippen LogP contribution < -0.4 is 11.4 Å². The van der Waals surface area contributed by atoms with Gasteiger partial charge in [0.2, 0.25) is 0 Å². The van der Waals surface area contributed by atoms with Gasteiger partial charge in [0.05, 0.1) is 11.9 Å². The molecule has 1 heterocycles. The molecular formula is C14H13ClN6. The topological polar surface area (TPSA) is 92.3 Å². The standard InChI is InChI=1S/C14H13ClN6/c1-9(11-5-3-4-6-12(11)15)19-20-14-18-8-10(7-16)13(17)21(14)2/h3-6,8H,17H2,1-2H3/b19-9-,20-14+. The Morgan fingerprint density at radius 1 is 1.43 bits per heavy atom. The van der Waals surface area contributed by atoms with Crippen molar-refractivity contribution >= 4 is 23.1 Å². The summed E-state index contributed by atoms with van der Waals surface area (Å²) in [7, 11) is 1.67. The minimum Gasteiger partial charge on any atom is -0.384 e. The predicted molar refractivity (Wildman–Crippen MR) is 81.6 cm³/mol. The maximum absolute atomic E-state index is 8.87. The minimum absolute atomic E-state index is 0.289. The Hall–Kier alpha value is -2.65. The molecule has 0 saturated carbocycles. The number of nitrogen functional groups attached to an aromatic ring is 1. The summed E-state index contributed by atoms with van der Waals surface area (Å²) in [4.78, 5) is 4.05. The van der Waals surface area contributed by atoms with Crippen LogP contribution in [0.15, 0.2) is 40.7 Å². The quantitative estimate of drug-likeness (QED) is 0.677. The van der Waals surface area contributed by atoms with Crippen LogP contribution in [-0.2, 0) is 7.05 Å². The maximum Gasteiger partial charge on any atom is 0.250 e. The van der Waals surface area contributed by atoms with Gasteiger partial charge in [-0.3, -0.25) is 4.57 Å². The molecule has 1 aromatic carbocycles. The number of aromatic nitrogens is 2. The molecule has 2 rings (SSSR count). The van der Waals surface area contributed by atoms with Crippen LogP contribution in [0.25, 0.3) is 0 Å². The van der Waals surface area contributed by atoms with Crippen LogP contribution in [0.3, 0.4) is 0 Å². The lowest BCUT2D eigenvalue weighted by atomic mass is 10.1. The summed E-state index contributed by atoms with van der Waals surface area (Å²) in [6.07, 6.45) is 1.37. The van der Waals surface area contributed by atoms with Gasteiger partial charge >= 0.3 is 0 Å². The molecule has 6 nitrogen and oxygen atoms in total. The minimum atomic E-state index is 0.289. The summed E-state index contributed by atoms with van der Waals surface area (Å²) in [5, 5.41) is 17.6. The Bertz CT molecular complexity index is 813. The molecule has 0 saturated heterocycles. The highest BCUT2D eigenvalue weighted by atomic mass is 35.5. The fourth-order valence-corrected chi connectivity index (χ4v) is 1.94. The lowest BCUT2D eigenvalue weighted by Crippen LogP contribution is -2.24. The predicted octanol–water partition coefficient (Wildman–Crippen LogP) is 1.85. The van der Waals surface area contributed by atoms with Crippen LogP contribution in [0, 0.1) is 11.3 Å². The van der Waals surface area contributed by atoms with E-state index in [1.807, 2.05) is 24.3 Å². The molecular weight excluding hydrogens is 288 g/mol. The van der Waals surface area contributed by atoms with Crippen molar-refractivity contribution in [2.24, 2.45) is 17.3 Å². The van der Waals surface area contributed by atoms with E-state index in [1.165, 1.54) is 10.8 Å². The highest BCUT2D eigenvalue weighted by Gasteiger charge is 2.04. The smallest absolute Gasteiger partial charge is 0.250 e. The fraction of sp³-hybridized carbons (Fsp3) is 0.143. The first kappa shape index (κ1) is 14.8. The summed E-state index contributed by atoms with van der Waals surface area (Å²) in [5.41, 5.74) is 7.86. The van der Waals surface area contributed by atoms with Crippen molar-refractivity contribution in [3.63, 3.8) is 0 Å². The number of nitrogens with two attached hydrogens (primary N) is 1. The Morgan fingerprint density at radius 2 is 2.14 bits per heavy atom. The Morgan fingerprint density at radius 3 is 2.81 bits per heavy atom. The van der Waals surface area contributed by atoms with Gasteiger partial charge in [0.15, 0.2) is 0 Å². The van der Waals surface area contributed by atoms with Gasteiger partial charge in [0.1, 0.15) is 17.5 Å². The van der Waals surface area contributed by atoms with E-state index in [1.54, 1.807) is 20.0 Å². The summed E-state index contributed by atoms with van der Waals surface area (Å²) < 4.78 is 1.50. The summed E-state index contributed by atoms with van der Waals surface area (Å²) in [6, 6.07) is 9.32. The number of anilines is 1. The number of benzene rings is 1. The highest BCUT2D eigenvalue weighted by Crippen LogP contribution is 2.15. The molecule has 0 fully saturated rings. The van der Waals surface area contributed by atoms with E-state index in [0.29, 0.717) is 21.9 Å². The number of hydrogen-bond acceptors (Lipinski definition) is 5. The van der Waals surface area contributed by atoms with E-state index in [9.17, 15) is 0 Å². The lowest BCUT2D eigenvalue weighted by molar-refractivity contribution is 0.772. The van der Waals surface area contributed by atoms with Crippen molar-refractivity contribution < 1.29 is 0 Å². The zero-order chi connectivity index (χ0) is 15.4. The van der Waals surface area contributed by atoms with Crippen LogP contribution in [0.5, 0.6) is 0 Å². The number of nitriles is 1. The highest BCUT2D eigenvalue weighted by molar-refractivity contribution is 6.34. The number of hydrogen-bond donors (Lipinski definition) is 1. The largest absolute Gasteiger partial charge is 0.384 e. The molecule has 106 valence electrons. The van der Waals surface area contributed by atoms with Gasteiger partial charge in [-0.1, -0.05) is 29.8 Å². The molecule has 0 aliphatic rings. The third-order valence-electron chi connectivity index (χ3n) is 2.92. The van der Waals surface area contributed by atoms with Crippen molar-refractivity contribution in [3.05, 3.63) is 52.2 Å². The number of nitrogens with zero attached hydrogens (tertiary/aromatic N) is 5. The summed E-state index contributed by atoms with van der Waals surface area (Å²) in [6.45, 7) is 1.80. The Balaban J connectivity index is 2.47. The number of rotatable bonds is 2. The van der Waals surface area contributed by atoms with Gasteiger partial charge in [-0.15, -0.1) is 5.10 Å². The van der Waals surface area contributed by atoms with Crippen LogP contribution >= 0.6 is 11.6 Å². The normalized spacial score (nSPS) is 12.3. The fourth-order valence-electron chi connectivity index (χ4n) is 1.67. The molecule has 2 aromatic rings. The molecule has 0 aliphatic carbocycles. The lowest BCUT2D eigenvalue weighted by Gasteiger charge is -2.04. The van der Waals surface area contributed by atoms with Crippen molar-refractivity contribution in [1.29, 1.82) is 5.26 Å². The summed E-state index contributed by atoms with van der Waals surface area (Å²) in [5.74, 6) is 0.289. The van der Waals surface area contributed by atoms with Gasteiger partial charge in [-0.05, 0) is 13.0 Å². The molecule has 0 radical (unpaired) electrons. The van der Waals surface area contributed by atoms with Crippen LogP contribution in [0.2, 0.25) is 5.02 Å². The van der Waals surface area contributed by atoms with Crippen molar-refractivity contribution in [3.8, 4) is 6.07 Å². The van der Waals surface area contributed by atoms with Gasteiger partial charge in [-0.25, -0.2) is 4.98 Å². The van der Waals surface area contributed by atoms with E-state index in [0.717, 1.165) is 5.56 Å². The van der Waals surface area contributed by atoms with Crippen LogP contribution in [0.4, 0.5) is 5.82 Å². The zero-order valence-electron chi connectivity index (χ0n) is 11.6. The third-order valence-corrected chi connectivity index (χ3v) is 3.25. The maximum atomic E-state index is 8.87. The van der Waals surface area contributed by atoms with E-state index < -0.39 is 0 Å². The second-order valence-corrected chi connectivity index (χ2v) is 4.70. The monoisotopic (exact) mass is 300 g/mol. The van der Waals surface area contributed by atoms with Crippen molar-refractivity contribution in [2.75, 3.05) is 5.73 Å². The zero-order valence-corrected chi connectivity index (χ0v) is 12.3. The first-order valence-electron chi connectivity index (χ1n) is 6.09. The molecule has 0 amide bonds. The van der Waals surface area contributed by atoms with Crippen LogP contribution in [0.1, 0.15) is 18.1 Å². The van der Waals surface area contributed by atoms with E-state index in [2.05, 4.69) is 15.2 Å². The first-order valence-corrected chi connectivity index (χ1v) is 6.47. The first-order chi connectivity index (χ1) is 10.0. The van der Waals surface area contributed by atoms with E-state index in [4.69, 9.17) is 22.6 Å². The average molecular weight is 301 g/mol. The van der Waals surface area contributed by atoms with Gasteiger partial charge in [-0.2, -0.15) is 10.4 Å². The van der Waals surface area contributed by atoms with E-state index >= 15 is 0 Å². The average Bonchev–Trinajstić information content (AvgIpc) is 2.49.